The Labute approximate surface area is 182 Å². The number of aliphatic hydroxyl groups is 1. The number of rotatable bonds is 7. The van der Waals surface area contributed by atoms with E-state index in [1.807, 2.05) is 36.4 Å². The third-order valence-electron chi connectivity index (χ3n) is 5.85. The van der Waals surface area contributed by atoms with Gasteiger partial charge in [0, 0.05) is 25.1 Å². The molecular weight excluding hydrogens is 393 g/mol. The van der Waals surface area contributed by atoms with E-state index in [1.54, 1.807) is 30.3 Å². The van der Waals surface area contributed by atoms with Gasteiger partial charge in [-0.15, -0.1) is 0 Å². The molecule has 0 saturated carbocycles. The van der Waals surface area contributed by atoms with Crippen LogP contribution in [0.4, 0.5) is 4.39 Å². The van der Waals surface area contributed by atoms with Gasteiger partial charge in [-0.3, -0.25) is 4.90 Å². The third-order valence-corrected chi connectivity index (χ3v) is 5.85. The summed E-state index contributed by atoms with van der Waals surface area (Å²) < 4.78 is 20.2. The minimum atomic E-state index is -0.257. The number of nitrogens with zero attached hydrogens (tertiary/aromatic N) is 1. The molecule has 5 heteroatoms. The van der Waals surface area contributed by atoms with Gasteiger partial charge in [0.15, 0.2) is 17.7 Å². The van der Waals surface area contributed by atoms with Crippen molar-refractivity contribution < 1.29 is 19.3 Å². The molecule has 4 rings (SSSR count). The SMILES string of the molecule is Oc1ccccc1OC(CCc1ccc(-c2ccccc2F)cc1)N1CCC(O)CC1. The lowest BCUT2D eigenvalue weighted by Gasteiger charge is -2.36. The fourth-order valence-electron chi connectivity index (χ4n) is 4.03. The van der Waals surface area contributed by atoms with Crippen molar-refractivity contribution in [1.82, 2.24) is 4.90 Å². The number of aliphatic hydroxyl groups excluding tert-OH is 1. The Morgan fingerprint density at radius 1 is 0.935 bits per heavy atom. The Bertz CT molecular complexity index is 984. The van der Waals surface area contributed by atoms with Crippen molar-refractivity contribution >= 4 is 0 Å². The molecule has 1 aliphatic rings. The highest BCUT2D eigenvalue weighted by atomic mass is 19.1. The van der Waals surface area contributed by atoms with Gasteiger partial charge in [-0.25, -0.2) is 4.39 Å². The van der Waals surface area contributed by atoms with Crippen LogP contribution in [0, 0.1) is 5.82 Å². The van der Waals surface area contributed by atoms with Crippen molar-refractivity contribution in [3.05, 3.63) is 84.2 Å². The maximum Gasteiger partial charge on any atom is 0.163 e. The van der Waals surface area contributed by atoms with Crippen LogP contribution < -0.4 is 4.74 Å². The van der Waals surface area contributed by atoms with Crippen LogP contribution in [0.5, 0.6) is 11.5 Å². The van der Waals surface area contributed by atoms with Crippen LogP contribution in [-0.2, 0) is 6.42 Å². The fraction of sp³-hybridized carbons (Fsp3) is 0.308. The first-order valence-corrected chi connectivity index (χ1v) is 10.8. The molecule has 1 aliphatic heterocycles. The van der Waals surface area contributed by atoms with Crippen molar-refractivity contribution in [3.8, 4) is 22.6 Å². The summed E-state index contributed by atoms with van der Waals surface area (Å²) in [6, 6.07) is 21.7. The number of para-hydroxylation sites is 2. The van der Waals surface area contributed by atoms with Crippen LogP contribution in [0.3, 0.4) is 0 Å². The minimum Gasteiger partial charge on any atom is -0.504 e. The number of halogens is 1. The number of phenolic OH excluding ortho intramolecular Hbond substituents is 1. The average molecular weight is 422 g/mol. The normalized spacial score (nSPS) is 16.2. The number of ether oxygens (including phenoxy) is 1. The number of aryl methyl sites for hydroxylation is 1. The summed E-state index contributed by atoms with van der Waals surface area (Å²) in [5.41, 5.74) is 2.60. The second-order valence-corrected chi connectivity index (χ2v) is 8.02. The van der Waals surface area contributed by atoms with Gasteiger partial charge in [0.2, 0.25) is 0 Å². The molecule has 4 nitrogen and oxygen atoms in total. The standard InChI is InChI=1S/C26H28FNO3/c27-23-6-2-1-5-22(23)20-12-9-19(10-13-20)11-14-26(28-17-15-21(29)16-18-28)31-25-8-4-3-7-24(25)30/h1-10,12-13,21,26,29-30H,11,14-18H2. The Hall–Kier alpha value is -2.89. The molecule has 0 bridgehead atoms. The molecule has 0 aliphatic carbocycles. The lowest BCUT2D eigenvalue weighted by molar-refractivity contribution is -0.0221. The molecule has 3 aromatic rings. The molecule has 0 radical (unpaired) electrons. The summed E-state index contributed by atoms with van der Waals surface area (Å²) in [7, 11) is 0. The largest absolute Gasteiger partial charge is 0.504 e. The highest BCUT2D eigenvalue weighted by Gasteiger charge is 2.26. The molecule has 1 fully saturated rings. The number of benzene rings is 3. The van der Waals surface area contributed by atoms with Crippen LogP contribution in [-0.4, -0.2) is 40.5 Å². The van der Waals surface area contributed by atoms with Crippen LogP contribution in [0.25, 0.3) is 11.1 Å². The summed E-state index contributed by atoms with van der Waals surface area (Å²) >= 11 is 0. The van der Waals surface area contributed by atoms with Gasteiger partial charge in [-0.05, 0) is 48.6 Å². The molecule has 1 atom stereocenters. The predicted octanol–water partition coefficient (Wildman–Crippen LogP) is 4.99. The lowest BCUT2D eigenvalue weighted by Crippen LogP contribution is -2.45. The van der Waals surface area contributed by atoms with Crippen LogP contribution in [0.1, 0.15) is 24.8 Å². The zero-order valence-electron chi connectivity index (χ0n) is 17.5. The van der Waals surface area contributed by atoms with Crippen molar-refractivity contribution in [2.75, 3.05) is 13.1 Å². The molecule has 1 saturated heterocycles. The van der Waals surface area contributed by atoms with Gasteiger partial charge < -0.3 is 14.9 Å². The van der Waals surface area contributed by atoms with E-state index in [0.29, 0.717) is 11.3 Å². The number of aromatic hydroxyl groups is 1. The minimum absolute atomic E-state index is 0.124. The van der Waals surface area contributed by atoms with Gasteiger partial charge in [0.05, 0.1) is 6.10 Å². The summed E-state index contributed by atoms with van der Waals surface area (Å²) in [5.74, 6) is 0.367. The number of likely N-dealkylation sites (tertiary alicyclic amines) is 1. The van der Waals surface area contributed by atoms with Gasteiger partial charge in [-0.1, -0.05) is 54.6 Å². The maximum absolute atomic E-state index is 14.0. The molecule has 1 heterocycles. The highest BCUT2D eigenvalue weighted by Crippen LogP contribution is 2.29. The van der Waals surface area contributed by atoms with Crippen molar-refractivity contribution in [3.63, 3.8) is 0 Å². The molecular formula is C26H28FNO3. The molecule has 31 heavy (non-hydrogen) atoms. The predicted molar refractivity (Wildman–Crippen MR) is 119 cm³/mol. The number of piperidine rings is 1. The Balaban J connectivity index is 1.45. The molecule has 162 valence electrons. The van der Waals surface area contributed by atoms with E-state index in [9.17, 15) is 14.6 Å². The van der Waals surface area contributed by atoms with Crippen LogP contribution in [0.15, 0.2) is 72.8 Å². The number of phenols is 1. The molecule has 1 unspecified atom stereocenters. The van der Waals surface area contributed by atoms with E-state index in [1.165, 1.54) is 6.07 Å². The quantitative estimate of drug-likeness (QED) is 0.564. The second-order valence-electron chi connectivity index (χ2n) is 8.02. The van der Waals surface area contributed by atoms with Gasteiger partial charge in [0.25, 0.3) is 0 Å². The summed E-state index contributed by atoms with van der Waals surface area (Å²) in [6.07, 6.45) is 2.51. The van der Waals surface area contributed by atoms with Crippen molar-refractivity contribution in [2.24, 2.45) is 0 Å². The lowest BCUT2D eigenvalue weighted by atomic mass is 10.0. The molecule has 0 amide bonds. The van der Waals surface area contributed by atoms with Crippen LogP contribution in [0.2, 0.25) is 0 Å². The Morgan fingerprint density at radius 3 is 2.32 bits per heavy atom. The first-order chi connectivity index (χ1) is 15.1. The van der Waals surface area contributed by atoms with Crippen molar-refractivity contribution in [2.45, 2.75) is 38.0 Å². The van der Waals surface area contributed by atoms with Gasteiger partial charge in [0.1, 0.15) is 5.82 Å². The van der Waals surface area contributed by atoms with E-state index in [-0.39, 0.29) is 23.9 Å². The summed E-state index contributed by atoms with van der Waals surface area (Å²) in [5, 5.41) is 20.0. The fourth-order valence-corrected chi connectivity index (χ4v) is 4.03. The topological polar surface area (TPSA) is 52.9 Å². The monoisotopic (exact) mass is 421 g/mol. The first-order valence-electron chi connectivity index (χ1n) is 10.8. The molecule has 0 spiro atoms. The zero-order valence-corrected chi connectivity index (χ0v) is 17.5. The first kappa shape index (κ1) is 21.3. The van der Waals surface area contributed by atoms with E-state index in [0.717, 1.165) is 49.9 Å². The summed E-state index contributed by atoms with van der Waals surface area (Å²) in [6.45, 7) is 1.51. The molecule has 2 N–H and O–H groups in total. The second kappa shape index (κ2) is 9.94. The zero-order chi connectivity index (χ0) is 21.6. The van der Waals surface area contributed by atoms with Gasteiger partial charge >= 0.3 is 0 Å². The van der Waals surface area contributed by atoms with Gasteiger partial charge in [-0.2, -0.15) is 0 Å². The Morgan fingerprint density at radius 2 is 1.61 bits per heavy atom. The van der Waals surface area contributed by atoms with E-state index < -0.39 is 0 Å². The molecule has 3 aromatic carbocycles. The van der Waals surface area contributed by atoms with E-state index in [4.69, 9.17) is 4.74 Å². The van der Waals surface area contributed by atoms with Crippen molar-refractivity contribution in [1.29, 1.82) is 0 Å². The van der Waals surface area contributed by atoms with Crippen LogP contribution >= 0.6 is 0 Å². The average Bonchev–Trinajstić information content (AvgIpc) is 2.79. The maximum atomic E-state index is 14.0. The van der Waals surface area contributed by atoms with E-state index in [2.05, 4.69) is 4.90 Å². The highest BCUT2D eigenvalue weighted by molar-refractivity contribution is 5.64. The molecule has 0 aromatic heterocycles. The number of hydrogen-bond donors (Lipinski definition) is 2. The third kappa shape index (κ3) is 5.43. The Kier molecular flexibility index (Phi) is 6.85. The smallest absolute Gasteiger partial charge is 0.163 e. The number of hydrogen-bond acceptors (Lipinski definition) is 4. The van der Waals surface area contributed by atoms with E-state index >= 15 is 0 Å². The summed E-state index contributed by atoms with van der Waals surface area (Å²) in [4.78, 5) is 2.23.